The Labute approximate surface area is 194 Å². The maximum absolute atomic E-state index is 14.3. The number of amides is 1. The Hall–Kier alpha value is -2.37. The number of furan rings is 1. The minimum atomic E-state index is -4.78. The van der Waals surface area contributed by atoms with E-state index in [-0.39, 0.29) is 42.5 Å². The molecule has 8 nitrogen and oxygen atoms in total. The average Bonchev–Trinajstić information content (AvgIpc) is 3.41. The van der Waals surface area contributed by atoms with Crippen LogP contribution in [0.5, 0.6) is 0 Å². The Morgan fingerprint density at radius 3 is 2.71 bits per heavy atom. The average molecular weight is 483 g/mol. The van der Waals surface area contributed by atoms with E-state index in [0.29, 0.717) is 38.9 Å². The fourth-order valence-corrected chi connectivity index (χ4v) is 4.91. The SMILES string of the molecule is CC1Cc2oc(C(=O)NC[C@@H]3COCCO3)c(C(F)(F)F)c2-c2nn(CC3CCOCC3)cc21. The van der Waals surface area contributed by atoms with Crippen LogP contribution in [0.1, 0.15) is 53.1 Å². The summed E-state index contributed by atoms with van der Waals surface area (Å²) < 4.78 is 66.2. The summed E-state index contributed by atoms with van der Waals surface area (Å²) in [6.07, 6.45) is -1.30. The smallest absolute Gasteiger partial charge is 0.420 e. The third kappa shape index (κ3) is 4.60. The van der Waals surface area contributed by atoms with Crippen LogP contribution in [0.2, 0.25) is 0 Å². The number of carbonyl (C=O) groups is 1. The van der Waals surface area contributed by atoms with E-state index in [1.54, 1.807) is 4.68 Å². The molecule has 11 heteroatoms. The van der Waals surface area contributed by atoms with Crippen LogP contribution in [-0.2, 0) is 33.4 Å². The lowest BCUT2D eigenvalue weighted by Crippen LogP contribution is -2.40. The number of ether oxygens (including phenoxy) is 3. The van der Waals surface area contributed by atoms with E-state index >= 15 is 0 Å². The molecule has 2 atom stereocenters. The van der Waals surface area contributed by atoms with Gasteiger partial charge in [0.15, 0.2) is 0 Å². The summed E-state index contributed by atoms with van der Waals surface area (Å²) in [6.45, 7) is 5.04. The summed E-state index contributed by atoms with van der Waals surface area (Å²) >= 11 is 0. The molecule has 3 aliphatic rings. The molecule has 2 saturated heterocycles. The number of rotatable bonds is 5. The van der Waals surface area contributed by atoms with Crippen LogP contribution in [0.3, 0.4) is 0 Å². The van der Waals surface area contributed by atoms with Crippen molar-refractivity contribution < 1.29 is 36.6 Å². The van der Waals surface area contributed by atoms with Crippen LogP contribution >= 0.6 is 0 Å². The molecule has 1 N–H and O–H groups in total. The first kappa shape index (κ1) is 23.4. The Bertz CT molecular complexity index is 1040. The molecule has 5 rings (SSSR count). The van der Waals surface area contributed by atoms with E-state index in [4.69, 9.17) is 18.6 Å². The van der Waals surface area contributed by atoms with Crippen molar-refractivity contribution in [2.75, 3.05) is 39.6 Å². The number of nitrogens with zero attached hydrogens (tertiary/aromatic N) is 2. The van der Waals surface area contributed by atoms with Gasteiger partial charge in [-0.25, -0.2) is 0 Å². The standard InChI is InChI=1S/C23H28F3N3O5/c1-13-8-17-18(20-16(13)11-29(28-20)10-14-2-4-31-5-3-14)19(23(24,25)26)21(34-17)22(30)27-9-15-12-32-6-7-33-15/h11,13-15H,2-10,12H2,1H3,(H,27,30)/t13?,15-/m1/s1. The van der Waals surface area contributed by atoms with Gasteiger partial charge in [-0.3, -0.25) is 9.48 Å². The highest BCUT2D eigenvalue weighted by Gasteiger charge is 2.46. The topological polar surface area (TPSA) is 87.8 Å². The Morgan fingerprint density at radius 2 is 2.00 bits per heavy atom. The maximum Gasteiger partial charge on any atom is 0.420 e. The number of carbonyl (C=O) groups excluding carboxylic acids is 1. The van der Waals surface area contributed by atoms with Crippen molar-refractivity contribution in [2.24, 2.45) is 5.92 Å². The van der Waals surface area contributed by atoms with Crippen molar-refractivity contribution in [2.45, 2.75) is 50.9 Å². The molecule has 2 aromatic rings. The van der Waals surface area contributed by atoms with Gasteiger partial charge in [0.1, 0.15) is 11.3 Å². The second-order valence-electron chi connectivity index (χ2n) is 9.20. The van der Waals surface area contributed by atoms with E-state index in [1.165, 1.54) is 0 Å². The molecule has 4 heterocycles. The Morgan fingerprint density at radius 1 is 1.21 bits per heavy atom. The lowest BCUT2D eigenvalue weighted by atomic mass is 9.86. The zero-order valence-corrected chi connectivity index (χ0v) is 19.0. The fraction of sp³-hybridized carbons (Fsp3) is 0.652. The van der Waals surface area contributed by atoms with Crippen LogP contribution in [0.4, 0.5) is 13.2 Å². The summed E-state index contributed by atoms with van der Waals surface area (Å²) in [7, 11) is 0. The van der Waals surface area contributed by atoms with Crippen molar-refractivity contribution in [3.63, 3.8) is 0 Å². The molecular weight excluding hydrogens is 455 g/mol. The number of nitrogens with one attached hydrogen (secondary N) is 1. The molecule has 1 unspecified atom stereocenters. The largest absolute Gasteiger partial charge is 0.455 e. The first-order valence-electron chi connectivity index (χ1n) is 11.7. The highest BCUT2D eigenvalue weighted by molar-refractivity contribution is 5.96. The first-order chi connectivity index (χ1) is 16.3. The monoisotopic (exact) mass is 483 g/mol. The van der Waals surface area contributed by atoms with Crippen molar-refractivity contribution in [3.05, 3.63) is 28.8 Å². The minimum absolute atomic E-state index is 0.0306. The highest BCUT2D eigenvalue weighted by Crippen LogP contribution is 2.48. The molecule has 1 aliphatic carbocycles. The quantitative estimate of drug-likeness (QED) is 0.702. The van der Waals surface area contributed by atoms with Gasteiger partial charge in [0.25, 0.3) is 5.91 Å². The van der Waals surface area contributed by atoms with Crippen LogP contribution in [-0.4, -0.2) is 61.4 Å². The predicted octanol–water partition coefficient (Wildman–Crippen LogP) is 3.39. The van der Waals surface area contributed by atoms with Gasteiger partial charge in [-0.2, -0.15) is 18.3 Å². The van der Waals surface area contributed by atoms with Crippen LogP contribution in [0.15, 0.2) is 10.6 Å². The van der Waals surface area contributed by atoms with Gasteiger partial charge in [-0.15, -0.1) is 0 Å². The molecule has 2 aliphatic heterocycles. The first-order valence-corrected chi connectivity index (χ1v) is 11.7. The van der Waals surface area contributed by atoms with E-state index in [2.05, 4.69) is 10.4 Å². The summed E-state index contributed by atoms with van der Waals surface area (Å²) in [6, 6.07) is 0. The van der Waals surface area contributed by atoms with Crippen molar-refractivity contribution in [1.82, 2.24) is 15.1 Å². The van der Waals surface area contributed by atoms with Crippen LogP contribution in [0, 0.1) is 5.92 Å². The molecule has 186 valence electrons. The summed E-state index contributed by atoms with van der Waals surface area (Å²) in [5.74, 6) is -1.23. The van der Waals surface area contributed by atoms with Gasteiger partial charge in [0, 0.05) is 44.5 Å². The number of fused-ring (bicyclic) bond motifs is 3. The zero-order chi connectivity index (χ0) is 23.9. The number of hydrogen-bond acceptors (Lipinski definition) is 6. The van der Waals surface area contributed by atoms with E-state index in [1.807, 2.05) is 13.1 Å². The van der Waals surface area contributed by atoms with E-state index in [9.17, 15) is 18.0 Å². The molecular formula is C23H28F3N3O5. The lowest BCUT2D eigenvalue weighted by molar-refractivity contribution is -0.137. The molecule has 2 fully saturated rings. The lowest BCUT2D eigenvalue weighted by Gasteiger charge is -2.23. The van der Waals surface area contributed by atoms with Crippen LogP contribution in [0.25, 0.3) is 11.3 Å². The highest BCUT2D eigenvalue weighted by atomic mass is 19.4. The molecule has 0 spiro atoms. The van der Waals surface area contributed by atoms with E-state index in [0.717, 1.165) is 18.4 Å². The van der Waals surface area contributed by atoms with Gasteiger partial charge in [0.2, 0.25) is 5.76 Å². The zero-order valence-electron chi connectivity index (χ0n) is 19.0. The van der Waals surface area contributed by atoms with Crippen molar-refractivity contribution >= 4 is 5.91 Å². The number of aromatic nitrogens is 2. The molecule has 2 aromatic heterocycles. The molecule has 0 bridgehead atoms. The van der Waals surface area contributed by atoms with Gasteiger partial charge >= 0.3 is 6.18 Å². The molecule has 1 amide bonds. The summed E-state index contributed by atoms with van der Waals surface area (Å²) in [4.78, 5) is 12.8. The van der Waals surface area contributed by atoms with Crippen molar-refractivity contribution in [1.29, 1.82) is 0 Å². The fourth-order valence-electron chi connectivity index (χ4n) is 4.91. The molecule has 34 heavy (non-hydrogen) atoms. The number of halogens is 3. The van der Waals surface area contributed by atoms with Gasteiger partial charge < -0.3 is 23.9 Å². The van der Waals surface area contributed by atoms with Gasteiger partial charge in [-0.1, -0.05) is 6.92 Å². The molecule has 0 radical (unpaired) electrons. The summed E-state index contributed by atoms with van der Waals surface area (Å²) in [5, 5.41) is 7.06. The van der Waals surface area contributed by atoms with Crippen molar-refractivity contribution in [3.8, 4) is 11.3 Å². The van der Waals surface area contributed by atoms with Crippen LogP contribution < -0.4 is 5.32 Å². The third-order valence-electron chi connectivity index (χ3n) is 6.68. The predicted molar refractivity (Wildman–Crippen MR) is 113 cm³/mol. The second-order valence-corrected chi connectivity index (χ2v) is 9.20. The maximum atomic E-state index is 14.3. The van der Waals surface area contributed by atoms with E-state index < -0.39 is 29.5 Å². The van der Waals surface area contributed by atoms with Gasteiger partial charge in [-0.05, 0) is 24.7 Å². The van der Waals surface area contributed by atoms with Gasteiger partial charge in [0.05, 0.1) is 37.2 Å². The molecule has 0 saturated carbocycles. The summed E-state index contributed by atoms with van der Waals surface area (Å²) in [5.41, 5.74) is -0.190. The molecule has 0 aromatic carbocycles. The second kappa shape index (κ2) is 9.35. The minimum Gasteiger partial charge on any atom is -0.455 e. The number of hydrogen-bond donors (Lipinski definition) is 1. The third-order valence-corrected chi connectivity index (χ3v) is 6.68. The Kier molecular flexibility index (Phi) is 6.43. The normalized spacial score (nSPS) is 23.4. The number of alkyl halides is 3. The Balaban J connectivity index is 1.45.